The van der Waals surface area contributed by atoms with E-state index < -0.39 is 12.1 Å². The molecule has 14 heavy (non-hydrogen) atoms. The predicted octanol–water partition coefficient (Wildman–Crippen LogP) is 0.843. The molecular weight excluding hydrogens is 184 g/mol. The van der Waals surface area contributed by atoms with Crippen LogP contribution in [0.15, 0.2) is 24.3 Å². The summed E-state index contributed by atoms with van der Waals surface area (Å²) < 4.78 is 9.49. The van der Waals surface area contributed by atoms with Crippen LogP contribution < -0.4 is 4.74 Å². The Hall–Kier alpha value is -1.39. The van der Waals surface area contributed by atoms with Gasteiger partial charge in [-0.3, -0.25) is 4.79 Å². The molecule has 0 aliphatic rings. The molecular formula is C10H12O4. The number of Topliss-reactive ketones (excluding diaryl/α,β-unsaturated/α-hetero) is 1. The minimum Gasteiger partial charge on any atom is -0.496 e. The second-order valence-corrected chi connectivity index (χ2v) is 2.65. The maximum Gasteiger partial charge on any atom is 0.222 e. The van der Waals surface area contributed by atoms with Gasteiger partial charge in [0.25, 0.3) is 0 Å². The molecule has 0 bridgehead atoms. The van der Waals surface area contributed by atoms with Crippen LogP contribution in [-0.4, -0.2) is 31.4 Å². The summed E-state index contributed by atoms with van der Waals surface area (Å²) in [7, 11) is 2.73. The van der Waals surface area contributed by atoms with E-state index in [2.05, 4.69) is 4.74 Å². The van der Waals surface area contributed by atoms with Gasteiger partial charge in [-0.05, 0) is 12.1 Å². The maximum absolute atomic E-state index is 11.5. The third-order valence-corrected chi connectivity index (χ3v) is 1.82. The average molecular weight is 196 g/mol. The molecule has 1 aromatic rings. The second kappa shape index (κ2) is 4.74. The van der Waals surface area contributed by atoms with Gasteiger partial charge in [-0.1, -0.05) is 12.1 Å². The summed E-state index contributed by atoms with van der Waals surface area (Å²) in [6, 6.07) is 6.66. The molecule has 0 saturated carbocycles. The summed E-state index contributed by atoms with van der Waals surface area (Å²) in [5.74, 6) is -0.0847. The lowest BCUT2D eigenvalue weighted by Gasteiger charge is -2.10. The molecule has 0 spiro atoms. The van der Waals surface area contributed by atoms with E-state index in [1.165, 1.54) is 14.2 Å². The van der Waals surface area contributed by atoms with Gasteiger partial charge in [-0.2, -0.15) is 0 Å². The Kier molecular flexibility index (Phi) is 3.62. The van der Waals surface area contributed by atoms with Crippen LogP contribution in [0, 0.1) is 0 Å². The Labute approximate surface area is 82.1 Å². The maximum atomic E-state index is 11.5. The number of aliphatic hydroxyl groups excluding tert-OH is 1. The minimum absolute atomic E-state index is 0.310. The topological polar surface area (TPSA) is 55.8 Å². The highest BCUT2D eigenvalue weighted by Gasteiger charge is 2.19. The van der Waals surface area contributed by atoms with Gasteiger partial charge in [0.05, 0.1) is 12.7 Å². The summed E-state index contributed by atoms with van der Waals surface area (Å²) in [5.41, 5.74) is 0.310. The molecule has 0 aliphatic carbocycles. The highest BCUT2D eigenvalue weighted by atomic mass is 16.6. The van der Waals surface area contributed by atoms with Crippen LogP contribution in [0.1, 0.15) is 10.4 Å². The number of rotatable bonds is 4. The Morgan fingerprint density at radius 2 is 2.00 bits per heavy atom. The molecule has 0 saturated heterocycles. The molecule has 0 amide bonds. The Morgan fingerprint density at radius 1 is 1.36 bits per heavy atom. The molecule has 1 aromatic carbocycles. The summed E-state index contributed by atoms with van der Waals surface area (Å²) in [6.45, 7) is 0. The molecule has 1 rings (SSSR count). The summed E-state index contributed by atoms with van der Waals surface area (Å²) >= 11 is 0. The molecule has 0 aromatic heterocycles. The lowest BCUT2D eigenvalue weighted by atomic mass is 10.1. The first-order valence-electron chi connectivity index (χ1n) is 4.08. The van der Waals surface area contributed by atoms with Crippen molar-refractivity contribution in [1.29, 1.82) is 0 Å². The number of aliphatic hydroxyl groups is 1. The number of ether oxygens (including phenoxy) is 2. The molecule has 76 valence electrons. The number of benzene rings is 1. The van der Waals surface area contributed by atoms with Crippen molar-refractivity contribution in [2.45, 2.75) is 6.29 Å². The van der Waals surface area contributed by atoms with Crippen molar-refractivity contribution in [1.82, 2.24) is 0 Å². The van der Waals surface area contributed by atoms with Gasteiger partial charge in [-0.15, -0.1) is 0 Å². The van der Waals surface area contributed by atoms with Crippen molar-refractivity contribution < 1.29 is 19.4 Å². The Morgan fingerprint density at radius 3 is 2.57 bits per heavy atom. The SMILES string of the molecule is COc1ccccc1C(=O)C(O)OC. The number of carbonyl (C=O) groups is 1. The van der Waals surface area contributed by atoms with Crippen LogP contribution >= 0.6 is 0 Å². The number of para-hydroxylation sites is 1. The number of carbonyl (C=O) groups excluding carboxylic acids is 1. The highest BCUT2D eigenvalue weighted by Crippen LogP contribution is 2.18. The van der Waals surface area contributed by atoms with Crippen LogP contribution in [0.5, 0.6) is 5.75 Å². The predicted molar refractivity (Wildman–Crippen MR) is 50.3 cm³/mol. The lowest BCUT2D eigenvalue weighted by molar-refractivity contribution is -0.0484. The zero-order chi connectivity index (χ0) is 10.6. The average Bonchev–Trinajstić information content (AvgIpc) is 2.26. The van der Waals surface area contributed by atoms with E-state index in [-0.39, 0.29) is 0 Å². The molecule has 0 fully saturated rings. The van der Waals surface area contributed by atoms with Crippen molar-refractivity contribution in [3.05, 3.63) is 29.8 Å². The zero-order valence-electron chi connectivity index (χ0n) is 8.06. The number of ketones is 1. The summed E-state index contributed by atoms with van der Waals surface area (Å²) in [6.07, 6.45) is -1.44. The van der Waals surface area contributed by atoms with Crippen molar-refractivity contribution in [3.63, 3.8) is 0 Å². The first-order chi connectivity index (χ1) is 6.70. The highest BCUT2D eigenvalue weighted by molar-refractivity contribution is 6.00. The number of hydrogen-bond donors (Lipinski definition) is 1. The van der Waals surface area contributed by atoms with Crippen LogP contribution in [0.25, 0.3) is 0 Å². The van der Waals surface area contributed by atoms with Gasteiger partial charge < -0.3 is 14.6 Å². The van der Waals surface area contributed by atoms with Crippen LogP contribution in [0.4, 0.5) is 0 Å². The van der Waals surface area contributed by atoms with Crippen LogP contribution in [0.3, 0.4) is 0 Å². The van der Waals surface area contributed by atoms with Crippen molar-refractivity contribution in [2.24, 2.45) is 0 Å². The summed E-state index contributed by atoms with van der Waals surface area (Å²) in [5, 5.41) is 9.17. The molecule has 4 nitrogen and oxygen atoms in total. The summed E-state index contributed by atoms with van der Waals surface area (Å²) in [4.78, 5) is 11.5. The monoisotopic (exact) mass is 196 g/mol. The molecule has 0 heterocycles. The third kappa shape index (κ3) is 2.10. The van der Waals surface area contributed by atoms with E-state index in [0.29, 0.717) is 11.3 Å². The Balaban J connectivity index is 3.00. The van der Waals surface area contributed by atoms with Crippen molar-refractivity contribution in [3.8, 4) is 5.75 Å². The van der Waals surface area contributed by atoms with Crippen molar-refractivity contribution >= 4 is 5.78 Å². The second-order valence-electron chi connectivity index (χ2n) is 2.65. The van der Waals surface area contributed by atoms with E-state index in [9.17, 15) is 9.90 Å². The quantitative estimate of drug-likeness (QED) is 0.572. The molecule has 1 unspecified atom stereocenters. The van der Waals surface area contributed by atoms with E-state index >= 15 is 0 Å². The van der Waals surface area contributed by atoms with Crippen LogP contribution in [-0.2, 0) is 4.74 Å². The third-order valence-electron chi connectivity index (χ3n) is 1.82. The first kappa shape index (κ1) is 10.7. The minimum atomic E-state index is -1.44. The van der Waals surface area contributed by atoms with Gasteiger partial charge in [0.15, 0.2) is 0 Å². The van der Waals surface area contributed by atoms with Crippen molar-refractivity contribution in [2.75, 3.05) is 14.2 Å². The van der Waals surface area contributed by atoms with E-state index in [1.54, 1.807) is 24.3 Å². The normalized spacial score (nSPS) is 12.2. The number of hydrogen-bond acceptors (Lipinski definition) is 4. The molecule has 0 radical (unpaired) electrons. The fourth-order valence-corrected chi connectivity index (χ4v) is 1.09. The standard InChI is InChI=1S/C10H12O4/c1-13-8-6-4-3-5-7(8)9(11)10(12)14-2/h3-6,10,12H,1-2H3. The van der Waals surface area contributed by atoms with Gasteiger partial charge >= 0.3 is 0 Å². The van der Waals surface area contributed by atoms with E-state index in [4.69, 9.17) is 4.74 Å². The van der Waals surface area contributed by atoms with E-state index in [1.807, 2.05) is 0 Å². The van der Waals surface area contributed by atoms with Gasteiger partial charge in [0.2, 0.25) is 12.1 Å². The van der Waals surface area contributed by atoms with Gasteiger partial charge in [0, 0.05) is 7.11 Å². The first-order valence-corrected chi connectivity index (χ1v) is 4.08. The zero-order valence-corrected chi connectivity index (χ0v) is 8.06. The molecule has 1 atom stereocenters. The van der Waals surface area contributed by atoms with Gasteiger partial charge in [-0.25, -0.2) is 0 Å². The number of methoxy groups -OCH3 is 2. The molecule has 4 heteroatoms. The largest absolute Gasteiger partial charge is 0.496 e. The Bertz CT molecular complexity index is 322. The smallest absolute Gasteiger partial charge is 0.222 e. The van der Waals surface area contributed by atoms with Crippen LogP contribution in [0.2, 0.25) is 0 Å². The van der Waals surface area contributed by atoms with Gasteiger partial charge in [0.1, 0.15) is 5.75 Å². The lowest BCUT2D eigenvalue weighted by Crippen LogP contribution is -2.22. The van der Waals surface area contributed by atoms with E-state index in [0.717, 1.165) is 0 Å². The molecule has 0 aliphatic heterocycles. The molecule has 1 N–H and O–H groups in total. The fourth-order valence-electron chi connectivity index (χ4n) is 1.09. The fraction of sp³-hybridized carbons (Fsp3) is 0.300.